The van der Waals surface area contributed by atoms with Crippen LogP contribution in [0.1, 0.15) is 11.1 Å². The Morgan fingerprint density at radius 1 is 1.17 bits per heavy atom. The van der Waals surface area contributed by atoms with Crippen LogP contribution in [-0.2, 0) is 5.75 Å². The van der Waals surface area contributed by atoms with Crippen molar-refractivity contribution in [3.8, 4) is 5.69 Å². The molecule has 23 heavy (non-hydrogen) atoms. The highest BCUT2D eigenvalue weighted by atomic mass is 35.5. The molecule has 0 unspecified atom stereocenters. The Morgan fingerprint density at radius 3 is 2.70 bits per heavy atom. The van der Waals surface area contributed by atoms with Crippen LogP contribution in [0, 0.1) is 6.92 Å². The van der Waals surface area contributed by atoms with Gasteiger partial charge in [-0.05, 0) is 42.3 Å². The molecule has 0 aliphatic heterocycles. The van der Waals surface area contributed by atoms with Gasteiger partial charge in [0.25, 0.3) is 5.56 Å². The average Bonchev–Trinajstić information content (AvgIpc) is 2.55. The molecule has 3 rings (SSSR count). The highest BCUT2D eigenvalue weighted by Gasteiger charge is 2.07. The fourth-order valence-corrected chi connectivity index (χ4v) is 3.19. The topological polar surface area (TPSA) is 34.9 Å². The van der Waals surface area contributed by atoms with E-state index in [4.69, 9.17) is 11.6 Å². The molecule has 0 aliphatic rings. The molecule has 1 heterocycles. The lowest BCUT2D eigenvalue weighted by molar-refractivity contribution is 0.881. The van der Waals surface area contributed by atoms with Gasteiger partial charge in [-0.2, -0.15) is 0 Å². The summed E-state index contributed by atoms with van der Waals surface area (Å²) in [5.74, 6) is 0.678. The van der Waals surface area contributed by atoms with Crippen molar-refractivity contribution >= 4 is 23.4 Å². The van der Waals surface area contributed by atoms with Crippen LogP contribution < -0.4 is 5.56 Å². The largest absolute Gasteiger partial charge is 0.287 e. The third-order valence-corrected chi connectivity index (χ3v) is 4.66. The standard InChI is InChI=1S/C18H15ClN2OS/c1-13-3-2-4-16(11-13)21-10-9-20-17(18(21)22)23-12-14-5-7-15(19)8-6-14/h2-11H,12H2,1H3. The molecule has 0 saturated carbocycles. The summed E-state index contributed by atoms with van der Waals surface area (Å²) in [6, 6.07) is 15.5. The summed E-state index contributed by atoms with van der Waals surface area (Å²) in [4.78, 5) is 16.8. The third kappa shape index (κ3) is 3.84. The zero-order valence-corrected chi connectivity index (χ0v) is 14.1. The van der Waals surface area contributed by atoms with Gasteiger partial charge in [-0.25, -0.2) is 4.98 Å². The van der Waals surface area contributed by atoms with Crippen LogP contribution in [0.25, 0.3) is 5.69 Å². The van der Waals surface area contributed by atoms with Crippen LogP contribution in [0.3, 0.4) is 0 Å². The first-order valence-corrected chi connectivity index (χ1v) is 8.52. The van der Waals surface area contributed by atoms with E-state index in [0.717, 1.165) is 16.8 Å². The molecule has 3 aromatic rings. The molecular formula is C18H15ClN2OS. The maximum Gasteiger partial charge on any atom is 0.287 e. The molecule has 2 aromatic carbocycles. The Labute approximate surface area is 144 Å². The molecule has 0 spiro atoms. The maximum atomic E-state index is 12.6. The average molecular weight is 343 g/mol. The van der Waals surface area contributed by atoms with E-state index in [2.05, 4.69) is 4.98 Å². The van der Waals surface area contributed by atoms with Crippen LogP contribution in [0.2, 0.25) is 5.02 Å². The summed E-state index contributed by atoms with van der Waals surface area (Å²) in [5.41, 5.74) is 2.97. The zero-order valence-electron chi connectivity index (χ0n) is 12.6. The van der Waals surface area contributed by atoms with Crippen molar-refractivity contribution in [2.75, 3.05) is 0 Å². The number of nitrogens with zero attached hydrogens (tertiary/aromatic N) is 2. The third-order valence-electron chi connectivity index (χ3n) is 3.38. The quantitative estimate of drug-likeness (QED) is 0.655. The smallest absolute Gasteiger partial charge is 0.280 e. The van der Waals surface area contributed by atoms with Crippen molar-refractivity contribution < 1.29 is 0 Å². The second kappa shape index (κ2) is 7.02. The van der Waals surface area contributed by atoms with Crippen LogP contribution in [-0.4, -0.2) is 9.55 Å². The SMILES string of the molecule is Cc1cccc(-n2ccnc(SCc3ccc(Cl)cc3)c2=O)c1. The number of hydrogen-bond donors (Lipinski definition) is 0. The lowest BCUT2D eigenvalue weighted by Gasteiger charge is -2.08. The molecule has 0 saturated heterocycles. The second-order valence-electron chi connectivity index (χ2n) is 5.16. The number of rotatable bonds is 4. The van der Waals surface area contributed by atoms with Gasteiger partial charge in [-0.15, -0.1) is 0 Å². The van der Waals surface area contributed by atoms with Gasteiger partial charge in [0, 0.05) is 28.9 Å². The Morgan fingerprint density at radius 2 is 1.96 bits per heavy atom. The molecule has 0 bridgehead atoms. The van der Waals surface area contributed by atoms with E-state index in [9.17, 15) is 4.79 Å². The summed E-state index contributed by atoms with van der Waals surface area (Å²) in [6.45, 7) is 2.01. The van der Waals surface area contributed by atoms with Gasteiger partial charge in [-0.3, -0.25) is 9.36 Å². The maximum absolute atomic E-state index is 12.6. The predicted molar refractivity (Wildman–Crippen MR) is 95.6 cm³/mol. The normalized spacial score (nSPS) is 10.7. The van der Waals surface area contributed by atoms with Gasteiger partial charge in [0.05, 0.1) is 0 Å². The molecule has 0 fully saturated rings. The van der Waals surface area contributed by atoms with Crippen molar-refractivity contribution in [1.82, 2.24) is 9.55 Å². The van der Waals surface area contributed by atoms with Crippen LogP contribution >= 0.6 is 23.4 Å². The van der Waals surface area contributed by atoms with Crippen LogP contribution in [0.15, 0.2) is 70.7 Å². The molecular weight excluding hydrogens is 328 g/mol. The van der Waals surface area contributed by atoms with Gasteiger partial charge in [-0.1, -0.05) is 47.6 Å². The molecule has 116 valence electrons. The van der Waals surface area contributed by atoms with Crippen LogP contribution in [0.4, 0.5) is 0 Å². The van der Waals surface area contributed by atoms with E-state index < -0.39 is 0 Å². The molecule has 0 aliphatic carbocycles. The van der Waals surface area contributed by atoms with E-state index in [1.807, 2.05) is 55.5 Å². The van der Waals surface area contributed by atoms with Crippen molar-refractivity contribution in [3.63, 3.8) is 0 Å². The number of halogens is 1. The number of aromatic nitrogens is 2. The Hall–Kier alpha value is -2.04. The van der Waals surface area contributed by atoms with Crippen LogP contribution in [0.5, 0.6) is 0 Å². The lowest BCUT2D eigenvalue weighted by atomic mass is 10.2. The van der Waals surface area contributed by atoms with Gasteiger partial charge in [0.2, 0.25) is 0 Å². The predicted octanol–water partition coefficient (Wildman–Crippen LogP) is 4.49. The number of aryl methyl sites for hydroxylation is 1. The van der Waals surface area contributed by atoms with E-state index in [-0.39, 0.29) is 5.56 Å². The van der Waals surface area contributed by atoms with E-state index in [0.29, 0.717) is 15.8 Å². The van der Waals surface area contributed by atoms with Gasteiger partial charge >= 0.3 is 0 Å². The number of hydrogen-bond acceptors (Lipinski definition) is 3. The molecule has 3 nitrogen and oxygen atoms in total. The van der Waals surface area contributed by atoms with E-state index in [1.54, 1.807) is 17.0 Å². The summed E-state index contributed by atoms with van der Waals surface area (Å²) in [7, 11) is 0. The molecule has 5 heteroatoms. The molecule has 0 radical (unpaired) electrons. The first-order chi connectivity index (χ1) is 11.1. The fraction of sp³-hybridized carbons (Fsp3) is 0.111. The van der Waals surface area contributed by atoms with Crippen molar-refractivity contribution in [1.29, 1.82) is 0 Å². The summed E-state index contributed by atoms with van der Waals surface area (Å²) in [6.07, 6.45) is 3.36. The summed E-state index contributed by atoms with van der Waals surface area (Å²) in [5, 5.41) is 1.20. The first kappa shape index (κ1) is 15.8. The minimum Gasteiger partial charge on any atom is -0.280 e. The molecule has 0 N–H and O–H groups in total. The summed E-state index contributed by atoms with van der Waals surface area (Å²) >= 11 is 7.31. The molecule has 1 aromatic heterocycles. The highest BCUT2D eigenvalue weighted by Crippen LogP contribution is 2.20. The van der Waals surface area contributed by atoms with Gasteiger partial charge in [0.1, 0.15) is 0 Å². The fourth-order valence-electron chi connectivity index (χ4n) is 2.21. The van der Waals surface area contributed by atoms with Crippen molar-refractivity contribution in [3.05, 3.63) is 87.4 Å². The monoisotopic (exact) mass is 342 g/mol. The first-order valence-electron chi connectivity index (χ1n) is 7.15. The van der Waals surface area contributed by atoms with E-state index in [1.165, 1.54) is 11.8 Å². The Bertz CT molecular complexity index is 875. The zero-order chi connectivity index (χ0) is 16.2. The van der Waals surface area contributed by atoms with Gasteiger partial charge in [0.15, 0.2) is 5.03 Å². The molecule has 0 atom stereocenters. The van der Waals surface area contributed by atoms with Crippen molar-refractivity contribution in [2.45, 2.75) is 17.7 Å². The number of thioether (sulfide) groups is 1. The minimum absolute atomic E-state index is 0.0999. The van der Waals surface area contributed by atoms with Crippen molar-refractivity contribution in [2.24, 2.45) is 0 Å². The lowest BCUT2D eigenvalue weighted by Crippen LogP contribution is -2.20. The van der Waals surface area contributed by atoms with E-state index >= 15 is 0 Å². The highest BCUT2D eigenvalue weighted by molar-refractivity contribution is 7.98. The minimum atomic E-state index is -0.0999. The van der Waals surface area contributed by atoms with Gasteiger partial charge < -0.3 is 0 Å². The number of benzene rings is 2. The second-order valence-corrected chi connectivity index (χ2v) is 6.56. The Kier molecular flexibility index (Phi) is 4.84. The Balaban J connectivity index is 1.85. The summed E-state index contributed by atoms with van der Waals surface area (Å²) < 4.78 is 1.63. The molecule has 0 amide bonds.